The summed E-state index contributed by atoms with van der Waals surface area (Å²) >= 11 is 2.68. The minimum Gasteiger partial charge on any atom is -0.493 e. The number of hydrogen-bond acceptors (Lipinski definition) is 10. The summed E-state index contributed by atoms with van der Waals surface area (Å²) in [6, 6.07) is 12.7. The molecule has 0 aliphatic heterocycles. The van der Waals surface area contributed by atoms with E-state index in [-0.39, 0.29) is 25.0 Å². The van der Waals surface area contributed by atoms with E-state index in [9.17, 15) is 14.4 Å². The molecule has 4 aromatic rings. The fourth-order valence-corrected chi connectivity index (χ4v) is 7.26. The van der Waals surface area contributed by atoms with Gasteiger partial charge in [-0.1, -0.05) is 23.9 Å². The van der Waals surface area contributed by atoms with Crippen LogP contribution in [0.1, 0.15) is 62.8 Å². The van der Waals surface area contributed by atoms with Crippen molar-refractivity contribution in [1.82, 2.24) is 20.1 Å². The van der Waals surface area contributed by atoms with E-state index in [4.69, 9.17) is 14.2 Å². The molecule has 2 aromatic heterocycles. The van der Waals surface area contributed by atoms with Gasteiger partial charge < -0.3 is 24.8 Å². The van der Waals surface area contributed by atoms with E-state index in [0.717, 1.165) is 41.0 Å². The molecule has 1 aliphatic carbocycles. The van der Waals surface area contributed by atoms with Crippen LogP contribution in [0.3, 0.4) is 0 Å². The monoisotopic (exact) mass is 649 g/mol. The Bertz CT molecular complexity index is 1730. The Hall–Kier alpha value is -4.36. The van der Waals surface area contributed by atoms with E-state index in [0.29, 0.717) is 38.6 Å². The van der Waals surface area contributed by atoms with Crippen molar-refractivity contribution in [2.24, 2.45) is 0 Å². The zero-order valence-corrected chi connectivity index (χ0v) is 27.4. The molecule has 2 amide bonds. The highest BCUT2D eigenvalue weighted by molar-refractivity contribution is 8.00. The number of hydrogen-bond donors (Lipinski definition) is 2. The van der Waals surface area contributed by atoms with E-state index in [2.05, 4.69) is 20.8 Å². The van der Waals surface area contributed by atoms with Crippen LogP contribution in [0.15, 0.2) is 47.6 Å². The zero-order chi connectivity index (χ0) is 32.1. The number of esters is 1. The van der Waals surface area contributed by atoms with Crippen molar-refractivity contribution in [3.05, 3.63) is 75.4 Å². The summed E-state index contributed by atoms with van der Waals surface area (Å²) in [5.74, 6) is 0.453. The minimum absolute atomic E-state index is 0.0822. The largest absolute Gasteiger partial charge is 0.493 e. The SMILES string of the molecule is CCOC(=O)c1c(NC(=O)C(C)Sc2nnc(CNC(=O)c3ccc(OC)c(OC)c3)n2-c2cccc(C)c2)sc2c1CCC2. The Morgan fingerprint density at radius 3 is 2.60 bits per heavy atom. The minimum atomic E-state index is -0.584. The summed E-state index contributed by atoms with van der Waals surface area (Å²) in [6.45, 7) is 5.86. The summed E-state index contributed by atoms with van der Waals surface area (Å²) < 4.78 is 17.7. The van der Waals surface area contributed by atoms with E-state index >= 15 is 0 Å². The van der Waals surface area contributed by atoms with Gasteiger partial charge in [0.1, 0.15) is 5.00 Å². The number of ether oxygens (including phenoxy) is 3. The Morgan fingerprint density at radius 1 is 1.07 bits per heavy atom. The Labute approximate surface area is 269 Å². The molecule has 0 radical (unpaired) electrons. The normalized spacial score (nSPS) is 12.7. The molecule has 13 heteroatoms. The summed E-state index contributed by atoms with van der Waals surface area (Å²) in [6.07, 6.45) is 2.67. The van der Waals surface area contributed by atoms with Crippen LogP contribution < -0.4 is 20.1 Å². The molecule has 11 nitrogen and oxygen atoms in total. The number of nitrogens with zero attached hydrogens (tertiary/aromatic N) is 3. The number of rotatable bonds is 12. The molecular weight excluding hydrogens is 615 g/mol. The molecule has 236 valence electrons. The van der Waals surface area contributed by atoms with Crippen molar-refractivity contribution in [3.63, 3.8) is 0 Å². The molecular formula is C32H35N5O6S2. The molecule has 1 unspecified atom stereocenters. The van der Waals surface area contributed by atoms with Gasteiger partial charge in [-0.15, -0.1) is 21.5 Å². The number of aryl methyl sites for hydroxylation is 2. The van der Waals surface area contributed by atoms with E-state index < -0.39 is 11.2 Å². The van der Waals surface area contributed by atoms with Gasteiger partial charge in [-0.3, -0.25) is 14.2 Å². The second kappa shape index (κ2) is 14.2. The molecule has 0 fully saturated rings. The maximum Gasteiger partial charge on any atom is 0.341 e. The van der Waals surface area contributed by atoms with Gasteiger partial charge in [0.15, 0.2) is 22.5 Å². The third-order valence-electron chi connectivity index (χ3n) is 7.30. The topological polar surface area (TPSA) is 134 Å². The number of benzene rings is 2. The van der Waals surface area contributed by atoms with Crippen LogP contribution in [0.25, 0.3) is 5.69 Å². The van der Waals surface area contributed by atoms with Gasteiger partial charge in [0.2, 0.25) is 5.91 Å². The molecule has 0 saturated heterocycles. The first kappa shape index (κ1) is 32.0. The van der Waals surface area contributed by atoms with E-state index in [1.54, 1.807) is 32.0 Å². The highest BCUT2D eigenvalue weighted by Gasteiger charge is 2.30. The maximum absolute atomic E-state index is 13.4. The third-order valence-corrected chi connectivity index (χ3v) is 9.55. The molecule has 2 N–H and O–H groups in total. The maximum atomic E-state index is 13.4. The molecule has 1 atom stereocenters. The standard InChI is InChI=1S/C32H35N5O6S2/c1-6-43-31(40)27-22-11-8-12-25(22)45-30(27)34-28(38)19(3)44-32-36-35-26(37(32)21-10-7-9-18(2)15-21)17-33-29(39)20-13-14-23(41-4)24(16-20)42-5/h7,9-10,13-16,19H,6,8,11-12,17H2,1-5H3,(H,33,39)(H,34,38). The van der Waals surface area contributed by atoms with Gasteiger partial charge in [-0.05, 0) is 81.5 Å². The summed E-state index contributed by atoms with van der Waals surface area (Å²) in [4.78, 5) is 40.4. The van der Waals surface area contributed by atoms with Crippen LogP contribution in [-0.2, 0) is 28.9 Å². The second-order valence-electron chi connectivity index (χ2n) is 10.4. The number of thiophene rings is 1. The van der Waals surface area contributed by atoms with Crippen molar-refractivity contribution in [1.29, 1.82) is 0 Å². The van der Waals surface area contributed by atoms with Gasteiger partial charge in [0.05, 0.1) is 38.2 Å². The fourth-order valence-electron chi connectivity index (χ4n) is 5.09. The van der Waals surface area contributed by atoms with Gasteiger partial charge in [0, 0.05) is 16.1 Å². The lowest BCUT2D eigenvalue weighted by Crippen LogP contribution is -2.25. The van der Waals surface area contributed by atoms with Crippen LogP contribution in [0.4, 0.5) is 5.00 Å². The number of aromatic nitrogens is 3. The zero-order valence-electron chi connectivity index (χ0n) is 25.8. The van der Waals surface area contributed by atoms with E-state index in [1.807, 2.05) is 35.8 Å². The van der Waals surface area contributed by atoms with Crippen molar-refractivity contribution < 1.29 is 28.6 Å². The first-order valence-electron chi connectivity index (χ1n) is 14.5. The van der Waals surface area contributed by atoms with Gasteiger partial charge in [-0.25, -0.2) is 4.79 Å². The average molecular weight is 650 g/mol. The number of carbonyl (C=O) groups is 3. The smallest absolute Gasteiger partial charge is 0.341 e. The van der Waals surface area contributed by atoms with Gasteiger partial charge in [0.25, 0.3) is 5.91 Å². The van der Waals surface area contributed by atoms with Crippen molar-refractivity contribution in [3.8, 4) is 17.2 Å². The van der Waals surface area contributed by atoms with Crippen molar-refractivity contribution >= 4 is 45.9 Å². The number of nitrogens with one attached hydrogen (secondary N) is 2. The second-order valence-corrected chi connectivity index (χ2v) is 12.8. The van der Waals surface area contributed by atoms with Crippen LogP contribution in [0.2, 0.25) is 0 Å². The van der Waals surface area contributed by atoms with Crippen LogP contribution in [-0.4, -0.2) is 58.6 Å². The molecule has 45 heavy (non-hydrogen) atoms. The molecule has 0 bridgehead atoms. The number of methoxy groups -OCH3 is 2. The Balaban J connectivity index is 1.36. The lowest BCUT2D eigenvalue weighted by molar-refractivity contribution is -0.115. The molecule has 0 spiro atoms. The summed E-state index contributed by atoms with van der Waals surface area (Å²) in [5.41, 5.74) is 3.67. The average Bonchev–Trinajstić information content (AvgIpc) is 3.74. The van der Waals surface area contributed by atoms with Crippen molar-refractivity contribution in [2.45, 2.75) is 57.0 Å². The molecule has 2 heterocycles. The lowest BCUT2D eigenvalue weighted by atomic mass is 10.1. The van der Waals surface area contributed by atoms with Gasteiger partial charge in [-0.2, -0.15) is 0 Å². The quantitative estimate of drug-likeness (QED) is 0.154. The lowest BCUT2D eigenvalue weighted by Gasteiger charge is -2.15. The number of carbonyl (C=O) groups excluding carboxylic acids is 3. The Morgan fingerprint density at radius 2 is 1.87 bits per heavy atom. The number of anilines is 1. The third kappa shape index (κ3) is 6.99. The van der Waals surface area contributed by atoms with Crippen LogP contribution in [0, 0.1) is 6.92 Å². The van der Waals surface area contributed by atoms with Crippen LogP contribution in [0.5, 0.6) is 11.5 Å². The number of fused-ring (bicyclic) bond motifs is 1. The predicted molar refractivity (Wildman–Crippen MR) is 173 cm³/mol. The first-order valence-corrected chi connectivity index (χ1v) is 16.2. The Kier molecular flexibility index (Phi) is 10.1. The van der Waals surface area contributed by atoms with Crippen molar-refractivity contribution in [2.75, 3.05) is 26.1 Å². The number of amides is 2. The molecule has 1 aliphatic rings. The highest BCUT2D eigenvalue weighted by Crippen LogP contribution is 2.40. The van der Waals surface area contributed by atoms with Crippen LogP contribution >= 0.6 is 23.1 Å². The first-order chi connectivity index (χ1) is 21.7. The molecule has 5 rings (SSSR count). The van der Waals surface area contributed by atoms with E-state index in [1.165, 1.54) is 37.3 Å². The molecule has 2 aromatic carbocycles. The van der Waals surface area contributed by atoms with Gasteiger partial charge >= 0.3 is 5.97 Å². The summed E-state index contributed by atoms with van der Waals surface area (Å²) in [7, 11) is 3.04. The number of thioether (sulfide) groups is 1. The molecule has 0 saturated carbocycles. The predicted octanol–water partition coefficient (Wildman–Crippen LogP) is 5.37. The highest BCUT2D eigenvalue weighted by atomic mass is 32.2. The fraction of sp³-hybridized carbons (Fsp3) is 0.344. The summed E-state index contributed by atoms with van der Waals surface area (Å²) in [5, 5.41) is 15.1.